The van der Waals surface area contributed by atoms with Gasteiger partial charge in [0.25, 0.3) is 5.91 Å². The number of carbonyl (C=O) groups is 1. The second kappa shape index (κ2) is 8.27. The lowest BCUT2D eigenvalue weighted by Gasteiger charge is -2.25. The van der Waals surface area contributed by atoms with E-state index in [0.29, 0.717) is 17.3 Å². The summed E-state index contributed by atoms with van der Waals surface area (Å²) in [5, 5.41) is 9.66. The van der Waals surface area contributed by atoms with E-state index in [1.165, 1.54) is 4.88 Å². The Morgan fingerprint density at radius 3 is 2.65 bits per heavy atom. The quantitative estimate of drug-likeness (QED) is 0.666. The maximum atomic E-state index is 13.0. The van der Waals surface area contributed by atoms with Crippen LogP contribution in [0.2, 0.25) is 0 Å². The number of thiophene rings is 1. The third-order valence-electron chi connectivity index (χ3n) is 4.78. The molecule has 0 radical (unpaired) electrons. The predicted molar refractivity (Wildman–Crippen MR) is 105 cm³/mol. The topological polar surface area (TPSA) is 59.8 Å². The highest BCUT2D eigenvalue weighted by atomic mass is 32.1. The van der Waals surface area contributed by atoms with E-state index in [-0.39, 0.29) is 11.9 Å². The molecule has 5 nitrogen and oxygen atoms in total. The highest BCUT2D eigenvalue weighted by molar-refractivity contribution is 7.10. The SMILES string of the molecule is CCC(CC)[C@H](NC(=O)c1cnn(-c2ccccn2)c1C)c1cccs1. The Kier molecular flexibility index (Phi) is 5.83. The first kappa shape index (κ1) is 18.3. The van der Waals surface area contributed by atoms with Gasteiger partial charge in [-0.3, -0.25) is 4.79 Å². The van der Waals surface area contributed by atoms with Crippen molar-refractivity contribution >= 4 is 17.2 Å². The summed E-state index contributed by atoms with van der Waals surface area (Å²) in [6.45, 7) is 6.24. The molecule has 0 aliphatic carbocycles. The molecule has 3 aromatic heterocycles. The number of aromatic nitrogens is 3. The fourth-order valence-corrected chi connectivity index (χ4v) is 4.08. The highest BCUT2D eigenvalue weighted by Crippen LogP contribution is 2.31. The minimum Gasteiger partial charge on any atom is -0.344 e. The Labute approximate surface area is 158 Å². The molecule has 0 saturated carbocycles. The van der Waals surface area contributed by atoms with Crippen LogP contribution in [0.25, 0.3) is 5.82 Å². The summed E-state index contributed by atoms with van der Waals surface area (Å²) in [6, 6.07) is 9.79. The van der Waals surface area contributed by atoms with Crippen molar-refractivity contribution in [1.82, 2.24) is 20.1 Å². The minimum absolute atomic E-state index is 0.0232. The van der Waals surface area contributed by atoms with E-state index in [4.69, 9.17) is 0 Å². The third kappa shape index (κ3) is 3.70. The first-order chi connectivity index (χ1) is 12.7. The molecule has 0 aliphatic heterocycles. The van der Waals surface area contributed by atoms with Crippen LogP contribution in [0.3, 0.4) is 0 Å². The Bertz CT molecular complexity index is 838. The number of amides is 1. The van der Waals surface area contributed by atoms with Gasteiger partial charge in [-0.2, -0.15) is 5.10 Å². The van der Waals surface area contributed by atoms with E-state index in [0.717, 1.165) is 18.5 Å². The van der Waals surface area contributed by atoms with E-state index < -0.39 is 0 Å². The molecule has 0 bridgehead atoms. The first-order valence-corrected chi connectivity index (χ1v) is 9.83. The van der Waals surface area contributed by atoms with Crippen LogP contribution in [0, 0.1) is 12.8 Å². The lowest BCUT2D eigenvalue weighted by Crippen LogP contribution is -2.33. The zero-order valence-corrected chi connectivity index (χ0v) is 16.2. The lowest BCUT2D eigenvalue weighted by atomic mass is 9.92. The van der Waals surface area contributed by atoms with Crippen LogP contribution in [0.1, 0.15) is 53.7 Å². The molecule has 1 atom stereocenters. The zero-order chi connectivity index (χ0) is 18.5. The van der Waals surface area contributed by atoms with Gasteiger partial charge in [0.15, 0.2) is 5.82 Å². The van der Waals surface area contributed by atoms with Gasteiger partial charge in [-0.1, -0.05) is 38.8 Å². The molecule has 136 valence electrons. The van der Waals surface area contributed by atoms with Gasteiger partial charge in [0.2, 0.25) is 0 Å². The summed E-state index contributed by atoms with van der Waals surface area (Å²) in [6.07, 6.45) is 5.38. The summed E-state index contributed by atoms with van der Waals surface area (Å²) < 4.78 is 1.70. The average molecular weight is 369 g/mol. The summed E-state index contributed by atoms with van der Waals surface area (Å²) in [5.41, 5.74) is 1.37. The number of pyridine rings is 1. The Morgan fingerprint density at radius 1 is 1.23 bits per heavy atom. The smallest absolute Gasteiger partial charge is 0.255 e. The second-order valence-corrected chi connectivity index (χ2v) is 7.27. The maximum absolute atomic E-state index is 13.0. The molecular weight excluding hydrogens is 344 g/mol. The molecule has 26 heavy (non-hydrogen) atoms. The number of nitrogens with one attached hydrogen (secondary N) is 1. The van der Waals surface area contributed by atoms with Crippen LogP contribution >= 0.6 is 11.3 Å². The van der Waals surface area contributed by atoms with Gasteiger partial charge in [0, 0.05) is 11.1 Å². The molecule has 1 amide bonds. The van der Waals surface area contributed by atoms with E-state index in [1.807, 2.05) is 31.2 Å². The molecule has 3 heterocycles. The monoisotopic (exact) mass is 368 g/mol. The maximum Gasteiger partial charge on any atom is 0.255 e. The van der Waals surface area contributed by atoms with Crippen molar-refractivity contribution in [2.24, 2.45) is 5.92 Å². The van der Waals surface area contributed by atoms with Crippen molar-refractivity contribution in [3.8, 4) is 5.82 Å². The van der Waals surface area contributed by atoms with Gasteiger partial charge in [-0.05, 0) is 36.4 Å². The fraction of sp³-hybridized carbons (Fsp3) is 0.350. The highest BCUT2D eigenvalue weighted by Gasteiger charge is 2.25. The number of hydrogen-bond acceptors (Lipinski definition) is 4. The molecule has 6 heteroatoms. The van der Waals surface area contributed by atoms with E-state index in [1.54, 1.807) is 28.4 Å². The van der Waals surface area contributed by atoms with Gasteiger partial charge < -0.3 is 5.32 Å². The molecule has 0 aromatic carbocycles. The van der Waals surface area contributed by atoms with Crippen molar-refractivity contribution in [2.75, 3.05) is 0 Å². The summed E-state index contributed by atoms with van der Waals surface area (Å²) in [5.74, 6) is 1.03. The molecular formula is C20H24N4OS. The largest absolute Gasteiger partial charge is 0.344 e. The van der Waals surface area contributed by atoms with E-state index in [9.17, 15) is 4.79 Å². The molecule has 0 unspecified atom stereocenters. The van der Waals surface area contributed by atoms with Gasteiger partial charge in [-0.25, -0.2) is 9.67 Å². The first-order valence-electron chi connectivity index (χ1n) is 8.96. The van der Waals surface area contributed by atoms with Crippen molar-refractivity contribution in [2.45, 2.75) is 39.7 Å². The van der Waals surface area contributed by atoms with E-state index >= 15 is 0 Å². The number of rotatable bonds is 7. The number of carbonyl (C=O) groups excluding carboxylic acids is 1. The molecule has 0 spiro atoms. The molecule has 3 rings (SSSR count). The van der Waals surface area contributed by atoms with Crippen molar-refractivity contribution in [3.05, 3.63) is 64.2 Å². The van der Waals surface area contributed by atoms with Crippen LogP contribution in [0.4, 0.5) is 0 Å². The standard InChI is InChI=1S/C20H24N4OS/c1-4-15(5-2)19(17-9-8-12-26-17)23-20(25)16-13-22-24(14(16)3)18-10-6-7-11-21-18/h6-13,15,19H,4-5H2,1-3H3,(H,23,25)/t19-/m0/s1. The molecule has 0 aliphatic rings. The Morgan fingerprint density at radius 2 is 2.04 bits per heavy atom. The Balaban J connectivity index is 1.86. The van der Waals surface area contributed by atoms with Gasteiger partial charge in [0.05, 0.1) is 23.5 Å². The second-order valence-electron chi connectivity index (χ2n) is 6.29. The summed E-state index contributed by atoms with van der Waals surface area (Å²) in [7, 11) is 0. The van der Waals surface area contributed by atoms with Crippen molar-refractivity contribution < 1.29 is 4.79 Å². The normalized spacial score (nSPS) is 12.3. The van der Waals surface area contributed by atoms with Crippen LogP contribution in [0.15, 0.2) is 48.1 Å². The van der Waals surface area contributed by atoms with E-state index in [2.05, 4.69) is 40.7 Å². The van der Waals surface area contributed by atoms with Gasteiger partial charge in [0.1, 0.15) is 0 Å². The molecule has 0 fully saturated rings. The number of nitrogens with zero attached hydrogens (tertiary/aromatic N) is 3. The predicted octanol–water partition coefficient (Wildman–Crippen LogP) is 4.54. The Hall–Kier alpha value is -2.47. The zero-order valence-electron chi connectivity index (χ0n) is 15.3. The molecule has 1 N–H and O–H groups in total. The summed E-state index contributed by atoms with van der Waals surface area (Å²) in [4.78, 5) is 18.5. The molecule has 3 aromatic rings. The van der Waals surface area contributed by atoms with Crippen LogP contribution < -0.4 is 5.32 Å². The lowest BCUT2D eigenvalue weighted by molar-refractivity contribution is 0.0920. The van der Waals surface area contributed by atoms with Crippen LogP contribution in [0.5, 0.6) is 0 Å². The number of hydrogen-bond donors (Lipinski definition) is 1. The molecule has 0 saturated heterocycles. The third-order valence-corrected chi connectivity index (χ3v) is 5.73. The summed E-state index contributed by atoms with van der Waals surface area (Å²) >= 11 is 1.69. The van der Waals surface area contributed by atoms with Crippen LogP contribution in [-0.2, 0) is 0 Å². The van der Waals surface area contributed by atoms with Gasteiger partial charge >= 0.3 is 0 Å². The van der Waals surface area contributed by atoms with Crippen molar-refractivity contribution in [3.63, 3.8) is 0 Å². The van der Waals surface area contributed by atoms with Crippen molar-refractivity contribution in [1.29, 1.82) is 0 Å². The van der Waals surface area contributed by atoms with Gasteiger partial charge in [-0.15, -0.1) is 11.3 Å². The average Bonchev–Trinajstić information content (AvgIpc) is 3.32. The minimum atomic E-state index is -0.0880. The van der Waals surface area contributed by atoms with Crippen LogP contribution in [-0.4, -0.2) is 20.7 Å². The fourth-order valence-electron chi connectivity index (χ4n) is 3.21.